The van der Waals surface area contributed by atoms with Gasteiger partial charge in [-0.25, -0.2) is 4.79 Å². The summed E-state index contributed by atoms with van der Waals surface area (Å²) < 4.78 is 16.6. The fourth-order valence-corrected chi connectivity index (χ4v) is 2.91. The van der Waals surface area contributed by atoms with Gasteiger partial charge in [-0.3, -0.25) is 4.79 Å². The molecule has 0 saturated heterocycles. The van der Waals surface area contributed by atoms with Crippen LogP contribution in [0.2, 0.25) is 10.0 Å². The Bertz CT molecular complexity index is 888. The molecular formula is C22H25Cl2NO5. The zero-order valence-electron chi connectivity index (χ0n) is 17.2. The predicted octanol–water partition coefficient (Wildman–Crippen LogP) is 5.76. The van der Waals surface area contributed by atoms with E-state index in [1.807, 2.05) is 6.92 Å². The van der Waals surface area contributed by atoms with Gasteiger partial charge in [0.15, 0.2) is 17.6 Å². The van der Waals surface area contributed by atoms with Crippen LogP contribution >= 0.6 is 23.2 Å². The zero-order valence-corrected chi connectivity index (χ0v) is 18.7. The predicted molar refractivity (Wildman–Crippen MR) is 118 cm³/mol. The molecule has 1 amide bonds. The molecule has 1 unspecified atom stereocenters. The van der Waals surface area contributed by atoms with Crippen LogP contribution < -0.4 is 14.8 Å². The van der Waals surface area contributed by atoms with Crippen molar-refractivity contribution in [3.05, 3.63) is 52.0 Å². The maximum Gasteiger partial charge on any atom is 0.339 e. The minimum absolute atomic E-state index is 0.255. The van der Waals surface area contributed by atoms with Crippen molar-refractivity contribution < 1.29 is 23.8 Å². The molecule has 2 aromatic rings. The van der Waals surface area contributed by atoms with Crippen molar-refractivity contribution in [1.29, 1.82) is 0 Å². The van der Waals surface area contributed by atoms with E-state index in [4.69, 9.17) is 37.4 Å². The van der Waals surface area contributed by atoms with Crippen molar-refractivity contribution in [1.82, 2.24) is 0 Å². The van der Waals surface area contributed by atoms with Crippen LogP contribution in [0, 0.1) is 0 Å². The third kappa shape index (κ3) is 6.82. The summed E-state index contributed by atoms with van der Waals surface area (Å²) in [5, 5.41) is 3.35. The molecule has 0 heterocycles. The van der Waals surface area contributed by atoms with E-state index in [-0.39, 0.29) is 10.6 Å². The average Bonchev–Trinajstić information content (AvgIpc) is 2.71. The van der Waals surface area contributed by atoms with Crippen LogP contribution in [-0.4, -0.2) is 31.2 Å². The lowest BCUT2D eigenvalue weighted by Crippen LogP contribution is -2.30. The first-order valence-electron chi connectivity index (χ1n) is 9.72. The highest BCUT2D eigenvalue weighted by Gasteiger charge is 2.21. The lowest BCUT2D eigenvalue weighted by molar-refractivity contribution is -0.123. The summed E-state index contributed by atoms with van der Waals surface area (Å²) in [5.41, 5.74) is 0.631. The fraction of sp³-hybridized carbons (Fsp3) is 0.364. The van der Waals surface area contributed by atoms with Gasteiger partial charge < -0.3 is 19.5 Å². The Labute approximate surface area is 186 Å². The number of nitrogens with one attached hydrogen (secondary N) is 1. The van der Waals surface area contributed by atoms with Crippen LogP contribution in [0.25, 0.3) is 0 Å². The highest BCUT2D eigenvalue weighted by atomic mass is 35.5. The number of halogens is 2. The molecule has 8 heteroatoms. The fourth-order valence-electron chi connectivity index (χ4n) is 2.46. The molecule has 162 valence electrons. The smallest absolute Gasteiger partial charge is 0.339 e. The number of carbonyl (C=O) groups is 2. The van der Waals surface area contributed by atoms with Crippen molar-refractivity contribution in [3.8, 4) is 11.5 Å². The third-order valence-electron chi connectivity index (χ3n) is 4.08. The third-order valence-corrected chi connectivity index (χ3v) is 4.62. The van der Waals surface area contributed by atoms with Gasteiger partial charge in [0.25, 0.3) is 5.91 Å². The van der Waals surface area contributed by atoms with Gasteiger partial charge in [0, 0.05) is 5.02 Å². The van der Waals surface area contributed by atoms with Crippen molar-refractivity contribution >= 4 is 40.8 Å². The van der Waals surface area contributed by atoms with E-state index >= 15 is 0 Å². The number of amides is 1. The minimum atomic E-state index is -1.04. The Kier molecular flexibility index (Phi) is 9.27. The number of hydrogen-bond acceptors (Lipinski definition) is 5. The Morgan fingerprint density at radius 1 is 1.03 bits per heavy atom. The summed E-state index contributed by atoms with van der Waals surface area (Å²) in [4.78, 5) is 24.9. The number of anilines is 1. The van der Waals surface area contributed by atoms with Crippen LogP contribution in [0.3, 0.4) is 0 Å². The molecule has 0 bridgehead atoms. The van der Waals surface area contributed by atoms with E-state index in [9.17, 15) is 9.59 Å². The summed E-state index contributed by atoms with van der Waals surface area (Å²) in [6, 6.07) is 9.47. The molecule has 0 saturated carbocycles. The van der Waals surface area contributed by atoms with Crippen molar-refractivity contribution in [2.24, 2.45) is 0 Å². The minimum Gasteiger partial charge on any atom is -0.490 e. The second-order valence-corrected chi connectivity index (χ2v) is 7.30. The Balaban J connectivity index is 2.04. The van der Waals surface area contributed by atoms with E-state index in [0.717, 1.165) is 12.8 Å². The normalized spacial score (nSPS) is 11.5. The van der Waals surface area contributed by atoms with E-state index in [0.29, 0.717) is 35.4 Å². The van der Waals surface area contributed by atoms with Crippen LogP contribution in [0.4, 0.5) is 5.69 Å². The second kappa shape index (κ2) is 11.7. The first kappa shape index (κ1) is 23.8. The second-order valence-electron chi connectivity index (χ2n) is 6.46. The lowest BCUT2D eigenvalue weighted by atomic mass is 10.2. The topological polar surface area (TPSA) is 73.9 Å². The van der Waals surface area contributed by atoms with Crippen LogP contribution in [-0.2, 0) is 9.53 Å². The molecule has 0 spiro atoms. The van der Waals surface area contributed by atoms with E-state index in [1.54, 1.807) is 30.3 Å². The summed E-state index contributed by atoms with van der Waals surface area (Å²) in [5.74, 6) is -0.156. The quantitative estimate of drug-likeness (QED) is 0.365. The van der Waals surface area contributed by atoms with E-state index < -0.39 is 18.0 Å². The van der Waals surface area contributed by atoms with Crippen molar-refractivity contribution in [3.63, 3.8) is 0 Å². The maximum atomic E-state index is 12.5. The highest BCUT2D eigenvalue weighted by molar-refractivity contribution is 6.36. The summed E-state index contributed by atoms with van der Waals surface area (Å²) in [6.07, 6.45) is 0.884. The molecule has 6 nitrogen and oxygen atoms in total. The van der Waals surface area contributed by atoms with Crippen molar-refractivity contribution in [2.45, 2.75) is 39.7 Å². The van der Waals surface area contributed by atoms with Crippen LogP contribution in [0.15, 0.2) is 36.4 Å². The number of unbranched alkanes of at least 4 members (excludes halogenated alkanes) is 1. The van der Waals surface area contributed by atoms with Gasteiger partial charge >= 0.3 is 5.97 Å². The molecule has 0 aromatic heterocycles. The standard InChI is InChI=1S/C22H25Cl2NO5/c1-4-6-11-29-19-10-7-15(12-20(19)28-5-2)22(27)30-14(3)21(26)25-18-9-8-16(23)13-17(18)24/h7-10,12-14H,4-6,11H2,1-3H3,(H,25,26). The summed E-state index contributed by atoms with van der Waals surface area (Å²) in [7, 11) is 0. The largest absolute Gasteiger partial charge is 0.490 e. The highest BCUT2D eigenvalue weighted by Crippen LogP contribution is 2.29. The van der Waals surface area contributed by atoms with Crippen LogP contribution in [0.1, 0.15) is 44.0 Å². The van der Waals surface area contributed by atoms with Crippen LogP contribution in [0.5, 0.6) is 11.5 Å². The van der Waals surface area contributed by atoms with Gasteiger partial charge in [-0.1, -0.05) is 36.5 Å². The maximum absolute atomic E-state index is 12.5. The van der Waals surface area contributed by atoms with Gasteiger partial charge in [-0.05, 0) is 56.7 Å². The first-order chi connectivity index (χ1) is 14.3. The molecule has 30 heavy (non-hydrogen) atoms. The van der Waals surface area contributed by atoms with Gasteiger partial charge in [-0.2, -0.15) is 0 Å². The Morgan fingerprint density at radius 2 is 1.80 bits per heavy atom. The average molecular weight is 454 g/mol. The van der Waals surface area contributed by atoms with Gasteiger partial charge in [0.05, 0.1) is 29.5 Å². The number of rotatable bonds is 10. The molecule has 0 aliphatic carbocycles. The number of benzene rings is 2. The monoisotopic (exact) mass is 453 g/mol. The molecule has 2 aromatic carbocycles. The molecule has 0 radical (unpaired) electrons. The molecular weight excluding hydrogens is 429 g/mol. The molecule has 2 rings (SSSR count). The molecule has 0 aliphatic heterocycles. The number of carbonyl (C=O) groups excluding carboxylic acids is 2. The van der Waals surface area contributed by atoms with E-state index in [1.165, 1.54) is 13.0 Å². The molecule has 0 aliphatic rings. The molecule has 1 atom stereocenters. The summed E-state index contributed by atoms with van der Waals surface area (Å²) >= 11 is 11.9. The number of hydrogen-bond donors (Lipinski definition) is 1. The van der Waals surface area contributed by atoms with E-state index in [2.05, 4.69) is 12.2 Å². The van der Waals surface area contributed by atoms with Gasteiger partial charge in [-0.15, -0.1) is 0 Å². The molecule has 0 fully saturated rings. The zero-order chi connectivity index (χ0) is 22.1. The van der Waals surface area contributed by atoms with Crippen molar-refractivity contribution in [2.75, 3.05) is 18.5 Å². The Hall–Kier alpha value is -2.44. The van der Waals surface area contributed by atoms with Gasteiger partial charge in [0.1, 0.15) is 0 Å². The first-order valence-corrected chi connectivity index (χ1v) is 10.5. The number of esters is 1. The Morgan fingerprint density at radius 3 is 2.47 bits per heavy atom. The molecule has 1 N–H and O–H groups in total. The SMILES string of the molecule is CCCCOc1ccc(C(=O)OC(C)C(=O)Nc2ccc(Cl)cc2Cl)cc1OCC. The van der Waals surface area contributed by atoms with Gasteiger partial charge in [0.2, 0.25) is 0 Å². The lowest BCUT2D eigenvalue weighted by Gasteiger charge is -2.16. The summed E-state index contributed by atoms with van der Waals surface area (Å²) in [6.45, 7) is 6.37. The number of ether oxygens (including phenoxy) is 3.